The van der Waals surface area contributed by atoms with Gasteiger partial charge in [0.05, 0.1) is 0 Å². The third-order valence-corrected chi connectivity index (χ3v) is 1.60. The van der Waals surface area contributed by atoms with Crippen LogP contribution in [0.2, 0.25) is 0 Å². The van der Waals surface area contributed by atoms with Gasteiger partial charge in [0.15, 0.2) is 11.5 Å². The van der Waals surface area contributed by atoms with Gasteiger partial charge in [-0.05, 0) is 18.2 Å². The van der Waals surface area contributed by atoms with E-state index in [2.05, 4.69) is 6.58 Å². The average Bonchev–Trinajstić information content (AvgIpc) is 2.15. The number of phenolic OH excluding ortho intramolecular Hbond substituents is 1. The molecule has 0 atom stereocenters. The van der Waals surface area contributed by atoms with E-state index in [1.165, 1.54) is 18.2 Å². The van der Waals surface area contributed by atoms with E-state index in [-0.39, 0.29) is 11.3 Å². The molecule has 0 aliphatic heterocycles. The second-order valence-corrected chi connectivity index (χ2v) is 2.65. The van der Waals surface area contributed by atoms with Gasteiger partial charge in [0, 0.05) is 5.56 Å². The van der Waals surface area contributed by atoms with Gasteiger partial charge >= 0.3 is 0 Å². The fourth-order valence-electron chi connectivity index (χ4n) is 0.941. The van der Waals surface area contributed by atoms with Crippen molar-refractivity contribution in [1.82, 2.24) is 0 Å². The van der Waals surface area contributed by atoms with Crippen molar-refractivity contribution in [1.29, 1.82) is 0 Å². The van der Waals surface area contributed by atoms with Crippen molar-refractivity contribution >= 4 is 5.91 Å². The Morgan fingerprint density at radius 3 is 2.86 bits per heavy atom. The summed E-state index contributed by atoms with van der Waals surface area (Å²) in [4.78, 5) is 10.7. The fourth-order valence-corrected chi connectivity index (χ4v) is 0.941. The van der Waals surface area contributed by atoms with Crippen LogP contribution in [0.5, 0.6) is 11.5 Å². The Kier molecular flexibility index (Phi) is 3.12. The Morgan fingerprint density at radius 1 is 1.64 bits per heavy atom. The van der Waals surface area contributed by atoms with Crippen LogP contribution >= 0.6 is 0 Å². The molecule has 0 radical (unpaired) electrons. The lowest BCUT2D eigenvalue weighted by Gasteiger charge is -2.06. The quantitative estimate of drug-likeness (QED) is 0.702. The SMILES string of the molecule is C=CCOc1ccc(C(N)=O)cc1O. The number of benzene rings is 1. The molecule has 0 aliphatic carbocycles. The van der Waals surface area contributed by atoms with Crippen LogP contribution in [-0.2, 0) is 0 Å². The van der Waals surface area contributed by atoms with Gasteiger partial charge in [0.25, 0.3) is 0 Å². The van der Waals surface area contributed by atoms with Gasteiger partial charge < -0.3 is 15.6 Å². The minimum atomic E-state index is -0.587. The first-order valence-electron chi connectivity index (χ1n) is 4.01. The van der Waals surface area contributed by atoms with E-state index in [0.717, 1.165) is 0 Å². The molecule has 1 aromatic rings. The lowest BCUT2D eigenvalue weighted by atomic mass is 10.2. The van der Waals surface area contributed by atoms with E-state index < -0.39 is 5.91 Å². The van der Waals surface area contributed by atoms with Crippen LogP contribution in [0.15, 0.2) is 30.9 Å². The summed E-state index contributed by atoms with van der Waals surface area (Å²) in [5.74, 6) is -0.395. The number of phenols is 1. The van der Waals surface area contributed by atoms with Crippen molar-refractivity contribution in [2.24, 2.45) is 5.73 Å². The zero-order chi connectivity index (χ0) is 10.6. The van der Waals surface area contributed by atoms with E-state index in [0.29, 0.717) is 12.4 Å². The van der Waals surface area contributed by atoms with Crippen LogP contribution in [0.3, 0.4) is 0 Å². The molecule has 4 heteroatoms. The summed E-state index contributed by atoms with van der Waals surface area (Å²) >= 11 is 0. The van der Waals surface area contributed by atoms with Crippen LogP contribution in [-0.4, -0.2) is 17.6 Å². The minimum Gasteiger partial charge on any atom is -0.504 e. The number of hydrogen-bond donors (Lipinski definition) is 2. The van der Waals surface area contributed by atoms with Gasteiger partial charge in [0.1, 0.15) is 6.61 Å². The van der Waals surface area contributed by atoms with Crippen molar-refractivity contribution < 1.29 is 14.6 Å². The molecule has 1 rings (SSSR count). The highest BCUT2D eigenvalue weighted by Gasteiger charge is 2.06. The molecule has 1 amide bonds. The maximum atomic E-state index is 10.7. The third kappa shape index (κ3) is 2.26. The van der Waals surface area contributed by atoms with Crippen LogP contribution in [0.1, 0.15) is 10.4 Å². The van der Waals surface area contributed by atoms with Gasteiger partial charge in [-0.25, -0.2) is 0 Å². The molecule has 0 fully saturated rings. The van der Waals surface area contributed by atoms with Crippen molar-refractivity contribution in [3.8, 4) is 11.5 Å². The summed E-state index contributed by atoms with van der Waals surface area (Å²) in [5, 5.41) is 9.40. The predicted molar refractivity (Wildman–Crippen MR) is 52.3 cm³/mol. The number of hydrogen-bond acceptors (Lipinski definition) is 3. The molecule has 1 aromatic carbocycles. The van der Waals surface area contributed by atoms with E-state index in [1.807, 2.05) is 0 Å². The van der Waals surface area contributed by atoms with Crippen LogP contribution in [0, 0.1) is 0 Å². The maximum Gasteiger partial charge on any atom is 0.248 e. The van der Waals surface area contributed by atoms with E-state index >= 15 is 0 Å². The molecule has 0 spiro atoms. The summed E-state index contributed by atoms with van der Waals surface area (Å²) in [5.41, 5.74) is 5.27. The minimum absolute atomic E-state index is 0.108. The number of nitrogens with two attached hydrogens (primary N) is 1. The van der Waals surface area contributed by atoms with Gasteiger partial charge in [-0.2, -0.15) is 0 Å². The highest BCUT2D eigenvalue weighted by Crippen LogP contribution is 2.26. The number of carbonyl (C=O) groups is 1. The zero-order valence-corrected chi connectivity index (χ0v) is 7.56. The van der Waals surface area contributed by atoms with Crippen LogP contribution < -0.4 is 10.5 Å². The number of amides is 1. The molecular formula is C10H11NO3. The molecule has 0 saturated carbocycles. The Labute approximate surface area is 81.6 Å². The summed E-state index contributed by atoms with van der Waals surface area (Å²) in [6.07, 6.45) is 1.56. The second kappa shape index (κ2) is 4.32. The Morgan fingerprint density at radius 2 is 2.36 bits per heavy atom. The van der Waals surface area contributed by atoms with Gasteiger partial charge in [-0.15, -0.1) is 0 Å². The third-order valence-electron chi connectivity index (χ3n) is 1.60. The number of ether oxygens (including phenoxy) is 1. The molecule has 0 unspecified atom stereocenters. The molecule has 0 heterocycles. The average molecular weight is 193 g/mol. The van der Waals surface area contributed by atoms with Crippen LogP contribution in [0.4, 0.5) is 0 Å². The Hall–Kier alpha value is -1.97. The van der Waals surface area contributed by atoms with Crippen molar-refractivity contribution in [3.05, 3.63) is 36.4 Å². The lowest BCUT2D eigenvalue weighted by molar-refractivity contribution is 0.1000. The second-order valence-electron chi connectivity index (χ2n) is 2.65. The molecule has 0 aromatic heterocycles. The summed E-state index contributed by atoms with van der Waals surface area (Å²) < 4.78 is 5.10. The van der Waals surface area contributed by atoms with E-state index in [4.69, 9.17) is 10.5 Å². The predicted octanol–water partition coefficient (Wildman–Crippen LogP) is 1.06. The normalized spacial score (nSPS) is 9.43. The number of aromatic hydroxyl groups is 1. The van der Waals surface area contributed by atoms with Crippen LogP contribution in [0.25, 0.3) is 0 Å². The molecular weight excluding hydrogens is 182 g/mol. The fraction of sp³-hybridized carbons (Fsp3) is 0.100. The largest absolute Gasteiger partial charge is 0.504 e. The highest BCUT2D eigenvalue weighted by atomic mass is 16.5. The lowest BCUT2D eigenvalue weighted by Crippen LogP contribution is -2.10. The number of rotatable bonds is 4. The summed E-state index contributed by atoms with van der Waals surface area (Å²) in [6, 6.07) is 4.24. The van der Waals surface area contributed by atoms with Gasteiger partial charge in [-0.3, -0.25) is 4.79 Å². The first-order valence-corrected chi connectivity index (χ1v) is 4.01. The highest BCUT2D eigenvalue weighted by molar-refractivity contribution is 5.93. The zero-order valence-electron chi connectivity index (χ0n) is 7.56. The smallest absolute Gasteiger partial charge is 0.248 e. The molecule has 0 bridgehead atoms. The number of primary amides is 1. The molecule has 0 aliphatic rings. The Bertz CT molecular complexity index is 360. The molecule has 74 valence electrons. The van der Waals surface area contributed by atoms with Crippen molar-refractivity contribution in [2.45, 2.75) is 0 Å². The van der Waals surface area contributed by atoms with E-state index in [9.17, 15) is 9.90 Å². The standard InChI is InChI=1S/C10H11NO3/c1-2-5-14-9-4-3-7(10(11)13)6-8(9)12/h2-4,6,12H,1,5H2,(H2,11,13). The summed E-state index contributed by atoms with van der Waals surface area (Å²) in [6.45, 7) is 3.77. The monoisotopic (exact) mass is 193 g/mol. The Balaban J connectivity index is 2.89. The van der Waals surface area contributed by atoms with Crippen molar-refractivity contribution in [3.63, 3.8) is 0 Å². The molecule has 4 nitrogen and oxygen atoms in total. The molecule has 0 saturated heterocycles. The van der Waals surface area contributed by atoms with Gasteiger partial charge in [-0.1, -0.05) is 12.7 Å². The van der Waals surface area contributed by atoms with Gasteiger partial charge in [0.2, 0.25) is 5.91 Å². The number of carbonyl (C=O) groups excluding carboxylic acids is 1. The first-order chi connectivity index (χ1) is 6.65. The topological polar surface area (TPSA) is 72.5 Å². The molecule has 3 N–H and O–H groups in total. The van der Waals surface area contributed by atoms with Crippen molar-refractivity contribution in [2.75, 3.05) is 6.61 Å². The molecule has 14 heavy (non-hydrogen) atoms. The van der Waals surface area contributed by atoms with E-state index in [1.54, 1.807) is 6.08 Å². The maximum absolute atomic E-state index is 10.7. The first kappa shape index (κ1) is 10.1. The summed E-state index contributed by atoms with van der Waals surface area (Å²) in [7, 11) is 0.